The molecule has 0 rings (SSSR count). The monoisotopic (exact) mass is 378 g/mol. The van der Waals surface area contributed by atoms with Gasteiger partial charge in [0.1, 0.15) is 0 Å². The maximum absolute atomic E-state index is 11.6. The van der Waals surface area contributed by atoms with Crippen LogP contribution in [-0.4, -0.2) is 35.7 Å². The minimum atomic E-state index is -0.349. The lowest BCUT2D eigenvalue weighted by Crippen LogP contribution is -2.14. The van der Waals surface area contributed by atoms with Crippen LogP contribution >= 0.6 is 25.3 Å². The second kappa shape index (κ2) is 16.1. The van der Waals surface area contributed by atoms with Gasteiger partial charge in [0.05, 0.1) is 26.1 Å². The fourth-order valence-electron chi connectivity index (χ4n) is 2.13. The van der Waals surface area contributed by atoms with E-state index in [9.17, 15) is 9.59 Å². The van der Waals surface area contributed by atoms with Crippen molar-refractivity contribution in [3.8, 4) is 0 Å². The molecule has 0 radical (unpaired) electrons. The van der Waals surface area contributed by atoms with Crippen molar-refractivity contribution in [3.63, 3.8) is 0 Å². The lowest BCUT2D eigenvalue weighted by molar-refractivity contribution is -0.150. The molecule has 24 heavy (non-hydrogen) atoms. The number of carbonyl (C=O) groups is 2. The minimum Gasteiger partial charge on any atom is -0.466 e. The van der Waals surface area contributed by atoms with Gasteiger partial charge in [-0.25, -0.2) is 0 Å². The molecule has 2 unspecified atom stereocenters. The summed E-state index contributed by atoms with van der Waals surface area (Å²) in [5.41, 5.74) is 0. The Bertz CT molecular complexity index is 305. The third-order valence-corrected chi connectivity index (χ3v) is 4.78. The SMILES string of the molecule is CCCCC(S)CCOC(=O)CCC(=O)OCCC(S)CCCC. The third-order valence-electron chi connectivity index (χ3n) is 3.74. The van der Waals surface area contributed by atoms with Crippen molar-refractivity contribution < 1.29 is 19.1 Å². The lowest BCUT2D eigenvalue weighted by Gasteiger charge is -2.11. The van der Waals surface area contributed by atoms with Crippen LogP contribution < -0.4 is 0 Å². The molecule has 0 bridgehead atoms. The summed E-state index contributed by atoms with van der Waals surface area (Å²) < 4.78 is 10.2. The molecule has 0 aliphatic heterocycles. The molecule has 2 atom stereocenters. The van der Waals surface area contributed by atoms with Gasteiger partial charge in [-0.2, -0.15) is 25.3 Å². The number of hydrogen-bond donors (Lipinski definition) is 2. The minimum absolute atomic E-state index is 0.0746. The van der Waals surface area contributed by atoms with Crippen molar-refractivity contribution in [1.82, 2.24) is 0 Å². The van der Waals surface area contributed by atoms with E-state index in [0.29, 0.717) is 13.2 Å². The Balaban J connectivity index is 3.59. The van der Waals surface area contributed by atoms with Crippen LogP contribution in [0.3, 0.4) is 0 Å². The molecule has 0 amide bonds. The first-order valence-electron chi connectivity index (χ1n) is 9.16. The van der Waals surface area contributed by atoms with Gasteiger partial charge in [-0.05, 0) is 25.7 Å². The van der Waals surface area contributed by atoms with E-state index in [-0.39, 0.29) is 35.3 Å². The topological polar surface area (TPSA) is 52.6 Å². The van der Waals surface area contributed by atoms with Crippen molar-refractivity contribution in [3.05, 3.63) is 0 Å². The highest BCUT2D eigenvalue weighted by Crippen LogP contribution is 2.12. The van der Waals surface area contributed by atoms with Crippen LogP contribution in [0.1, 0.15) is 78.1 Å². The van der Waals surface area contributed by atoms with Crippen LogP contribution in [0.15, 0.2) is 0 Å². The Morgan fingerprint density at radius 2 is 1.12 bits per heavy atom. The highest BCUT2D eigenvalue weighted by atomic mass is 32.1. The van der Waals surface area contributed by atoms with Crippen LogP contribution in [0.4, 0.5) is 0 Å². The van der Waals surface area contributed by atoms with Crippen molar-refractivity contribution in [1.29, 1.82) is 0 Å². The number of rotatable bonds is 15. The fourth-order valence-corrected chi connectivity index (χ4v) is 2.71. The highest BCUT2D eigenvalue weighted by Gasteiger charge is 2.11. The molecular weight excluding hydrogens is 344 g/mol. The van der Waals surface area contributed by atoms with Crippen LogP contribution in [-0.2, 0) is 19.1 Å². The average molecular weight is 379 g/mol. The van der Waals surface area contributed by atoms with Crippen LogP contribution in [0.25, 0.3) is 0 Å². The zero-order valence-corrected chi connectivity index (χ0v) is 17.0. The van der Waals surface area contributed by atoms with Crippen molar-refractivity contribution in [2.45, 2.75) is 88.6 Å². The molecule has 0 aliphatic rings. The standard InChI is InChI=1S/C18H34O4S2/c1-3-5-7-15(23)11-13-21-17(19)9-10-18(20)22-14-12-16(24)8-6-4-2/h15-16,23-24H,3-14H2,1-2H3. The molecule has 4 nitrogen and oxygen atoms in total. The molecule has 0 aromatic carbocycles. The van der Waals surface area contributed by atoms with E-state index in [1.54, 1.807) is 0 Å². The molecule has 0 spiro atoms. The van der Waals surface area contributed by atoms with Crippen LogP contribution in [0.2, 0.25) is 0 Å². The third kappa shape index (κ3) is 15.2. The van der Waals surface area contributed by atoms with E-state index in [1.165, 1.54) is 0 Å². The largest absolute Gasteiger partial charge is 0.466 e. The van der Waals surface area contributed by atoms with Crippen molar-refractivity contribution in [2.24, 2.45) is 0 Å². The predicted molar refractivity (Wildman–Crippen MR) is 105 cm³/mol. The van der Waals surface area contributed by atoms with Gasteiger partial charge in [0, 0.05) is 10.5 Å². The summed E-state index contributed by atoms with van der Waals surface area (Å²) in [7, 11) is 0. The maximum Gasteiger partial charge on any atom is 0.306 e. The first-order valence-corrected chi connectivity index (χ1v) is 10.2. The molecule has 0 heterocycles. The van der Waals surface area contributed by atoms with Crippen molar-refractivity contribution >= 4 is 37.2 Å². The molecule has 0 saturated heterocycles. The molecule has 6 heteroatoms. The Hall–Kier alpha value is -0.360. The number of hydrogen-bond acceptors (Lipinski definition) is 6. The van der Waals surface area contributed by atoms with Gasteiger partial charge >= 0.3 is 11.9 Å². The smallest absolute Gasteiger partial charge is 0.306 e. The molecule has 0 aromatic heterocycles. The van der Waals surface area contributed by atoms with E-state index in [1.807, 2.05) is 0 Å². The normalized spacial score (nSPS) is 13.3. The Kier molecular flexibility index (Phi) is 15.9. The molecule has 0 aromatic rings. The Morgan fingerprint density at radius 1 is 0.750 bits per heavy atom. The molecule has 0 aliphatic carbocycles. The summed E-state index contributed by atoms with van der Waals surface area (Å²) in [6.45, 7) is 5.01. The van der Waals surface area contributed by atoms with Gasteiger partial charge in [0.15, 0.2) is 0 Å². The number of esters is 2. The molecule has 142 valence electrons. The van der Waals surface area contributed by atoms with Crippen LogP contribution in [0, 0.1) is 0 Å². The van der Waals surface area contributed by atoms with E-state index < -0.39 is 0 Å². The highest BCUT2D eigenvalue weighted by molar-refractivity contribution is 7.81. The van der Waals surface area contributed by atoms with Gasteiger partial charge in [-0.3, -0.25) is 9.59 Å². The van der Waals surface area contributed by atoms with Gasteiger partial charge in [-0.1, -0.05) is 39.5 Å². The number of ether oxygens (including phenoxy) is 2. The Labute approximate surface area is 158 Å². The van der Waals surface area contributed by atoms with E-state index in [4.69, 9.17) is 9.47 Å². The molecule has 0 N–H and O–H groups in total. The maximum atomic E-state index is 11.6. The predicted octanol–water partition coefficient (Wildman–Crippen LogP) is 4.61. The van der Waals surface area contributed by atoms with Gasteiger partial charge in [0.25, 0.3) is 0 Å². The summed E-state index contributed by atoms with van der Waals surface area (Å²) in [4.78, 5) is 23.2. The molecular formula is C18H34O4S2. The number of carbonyl (C=O) groups excluding carboxylic acids is 2. The Morgan fingerprint density at radius 3 is 1.46 bits per heavy atom. The van der Waals surface area contributed by atoms with Gasteiger partial charge < -0.3 is 9.47 Å². The second-order valence-electron chi connectivity index (χ2n) is 6.11. The van der Waals surface area contributed by atoms with E-state index >= 15 is 0 Å². The summed E-state index contributed by atoms with van der Waals surface area (Å²) in [5.74, 6) is -0.698. The first-order chi connectivity index (χ1) is 11.5. The molecule has 0 saturated carbocycles. The van der Waals surface area contributed by atoms with Crippen molar-refractivity contribution in [2.75, 3.05) is 13.2 Å². The summed E-state index contributed by atoms with van der Waals surface area (Å²) in [6, 6.07) is 0. The average Bonchev–Trinajstić information content (AvgIpc) is 2.56. The zero-order valence-electron chi connectivity index (χ0n) is 15.2. The van der Waals surface area contributed by atoms with Crippen LogP contribution in [0.5, 0.6) is 0 Å². The second-order valence-corrected chi connectivity index (χ2v) is 7.57. The van der Waals surface area contributed by atoms with Gasteiger partial charge in [0.2, 0.25) is 0 Å². The summed E-state index contributed by atoms with van der Waals surface area (Å²) >= 11 is 8.91. The summed E-state index contributed by atoms with van der Waals surface area (Å²) in [6.07, 6.45) is 8.29. The number of unbranched alkanes of at least 4 members (excludes halogenated alkanes) is 2. The van der Waals surface area contributed by atoms with E-state index in [2.05, 4.69) is 39.1 Å². The zero-order chi connectivity index (χ0) is 18.2. The number of thiol groups is 2. The molecule has 0 fully saturated rings. The summed E-state index contributed by atoms with van der Waals surface area (Å²) in [5, 5.41) is 0.536. The van der Waals surface area contributed by atoms with Gasteiger partial charge in [-0.15, -0.1) is 0 Å². The van der Waals surface area contributed by atoms with E-state index in [0.717, 1.165) is 51.4 Å². The first kappa shape index (κ1) is 23.6. The quantitative estimate of drug-likeness (QED) is 0.323. The lowest BCUT2D eigenvalue weighted by atomic mass is 10.1. The fraction of sp³-hybridized carbons (Fsp3) is 0.889.